The van der Waals surface area contributed by atoms with Crippen LogP contribution in [-0.2, 0) is 65.4 Å². The predicted molar refractivity (Wildman–Crippen MR) is 335 cm³/mol. The van der Waals surface area contributed by atoms with Crippen LogP contribution in [0, 0.1) is 23.7 Å². The van der Waals surface area contributed by atoms with Crippen molar-refractivity contribution in [3.05, 3.63) is 0 Å². The van der Waals surface area contributed by atoms with Crippen molar-refractivity contribution >= 4 is 39.5 Å². The lowest BCUT2D eigenvalue weighted by molar-refractivity contribution is -0.161. The van der Waals surface area contributed by atoms with Crippen molar-refractivity contribution in [3.63, 3.8) is 0 Å². The van der Waals surface area contributed by atoms with Gasteiger partial charge in [0.2, 0.25) is 0 Å². The molecule has 17 nitrogen and oxygen atoms in total. The molecule has 0 bridgehead atoms. The second-order valence-corrected chi connectivity index (χ2v) is 28.1. The Kier molecular flexibility index (Phi) is 53.9. The second-order valence-electron chi connectivity index (χ2n) is 25.2. The van der Waals surface area contributed by atoms with Gasteiger partial charge in [0, 0.05) is 25.7 Å². The number of phosphoric ester groups is 2. The van der Waals surface area contributed by atoms with Gasteiger partial charge in [0.05, 0.1) is 26.4 Å². The molecule has 19 heteroatoms. The molecular weight excluding hydrogens is 1110 g/mol. The summed E-state index contributed by atoms with van der Waals surface area (Å²) in [6.45, 7) is 13.9. The third-order valence-electron chi connectivity index (χ3n) is 15.2. The molecule has 0 aromatic carbocycles. The summed E-state index contributed by atoms with van der Waals surface area (Å²) in [6, 6.07) is 0. The second kappa shape index (κ2) is 55.2. The van der Waals surface area contributed by atoms with E-state index in [-0.39, 0.29) is 25.7 Å². The average Bonchev–Trinajstić information content (AvgIpc) is 3.46. The first-order chi connectivity index (χ1) is 40.1. The Morgan fingerprint density at radius 2 is 0.571 bits per heavy atom. The number of esters is 4. The lowest BCUT2D eigenvalue weighted by Crippen LogP contribution is -2.30. The van der Waals surface area contributed by atoms with Crippen LogP contribution in [0.15, 0.2) is 0 Å². The van der Waals surface area contributed by atoms with E-state index < -0.39 is 97.5 Å². The summed E-state index contributed by atoms with van der Waals surface area (Å²) >= 11 is 0. The lowest BCUT2D eigenvalue weighted by Gasteiger charge is -2.21. The first-order valence-electron chi connectivity index (χ1n) is 33.7. The zero-order valence-corrected chi connectivity index (χ0v) is 56.3. The fourth-order valence-corrected chi connectivity index (χ4v) is 11.2. The minimum absolute atomic E-state index is 0.101. The van der Waals surface area contributed by atoms with Crippen molar-refractivity contribution in [1.82, 2.24) is 0 Å². The van der Waals surface area contributed by atoms with Gasteiger partial charge in [-0.1, -0.05) is 261 Å². The molecule has 0 radical (unpaired) electrons. The summed E-state index contributed by atoms with van der Waals surface area (Å²) in [5.74, 6) is 0.758. The third-order valence-corrected chi connectivity index (χ3v) is 17.1. The van der Waals surface area contributed by atoms with Gasteiger partial charge in [-0.25, -0.2) is 9.13 Å². The van der Waals surface area contributed by atoms with Crippen molar-refractivity contribution in [3.8, 4) is 0 Å². The van der Waals surface area contributed by atoms with Gasteiger partial charge in [-0.15, -0.1) is 0 Å². The molecular formula is C65H126O17P2. The van der Waals surface area contributed by atoms with Crippen LogP contribution in [0.4, 0.5) is 0 Å². The highest BCUT2D eigenvalue weighted by molar-refractivity contribution is 7.47. The van der Waals surface area contributed by atoms with Gasteiger partial charge in [-0.3, -0.25) is 37.3 Å². The topological polar surface area (TPSA) is 237 Å². The molecule has 0 amide bonds. The number of carbonyl (C=O) groups excluding carboxylic acids is 4. The molecule has 4 unspecified atom stereocenters. The molecule has 0 aromatic heterocycles. The quantitative estimate of drug-likeness (QED) is 0.0222. The Labute approximate surface area is 511 Å². The molecule has 0 heterocycles. The number of aliphatic hydroxyl groups excluding tert-OH is 1. The molecule has 6 atom stereocenters. The maximum absolute atomic E-state index is 13.0. The Balaban J connectivity index is 5.22. The van der Waals surface area contributed by atoms with Crippen molar-refractivity contribution in [2.75, 3.05) is 39.6 Å². The molecule has 498 valence electrons. The molecule has 3 N–H and O–H groups in total. The number of hydrogen-bond acceptors (Lipinski definition) is 15. The van der Waals surface area contributed by atoms with Crippen molar-refractivity contribution in [2.45, 2.75) is 331 Å². The van der Waals surface area contributed by atoms with Gasteiger partial charge in [0.1, 0.15) is 19.3 Å². The van der Waals surface area contributed by atoms with Crippen LogP contribution in [0.2, 0.25) is 0 Å². The summed E-state index contributed by atoms with van der Waals surface area (Å²) in [5.41, 5.74) is 0. The van der Waals surface area contributed by atoms with Crippen LogP contribution in [0.25, 0.3) is 0 Å². The fraction of sp³-hybridized carbons (Fsp3) is 0.938. The average molecular weight is 1240 g/mol. The van der Waals surface area contributed by atoms with E-state index >= 15 is 0 Å². The fourth-order valence-electron chi connectivity index (χ4n) is 9.57. The zero-order valence-electron chi connectivity index (χ0n) is 54.5. The summed E-state index contributed by atoms with van der Waals surface area (Å²) in [7, 11) is -9.89. The van der Waals surface area contributed by atoms with E-state index in [2.05, 4.69) is 55.4 Å². The van der Waals surface area contributed by atoms with Crippen LogP contribution in [0.5, 0.6) is 0 Å². The standard InChI is InChI=1S/C65H126O17P2/c1-9-58(8)44-36-28-19-12-10-11-13-20-29-37-45-62(67)75-52-61(82-65(70)48-40-32-24-23-27-35-43-57(6)7)54-80-84(73,74)78-50-59(66)49-77-83(71,72)79-53-60(81-64(69)47-39-31-22-16-18-26-34-42-56(4)5)51-76-63(68)46-38-30-21-15-14-17-25-33-41-55(2)3/h55-61,66H,9-54H2,1-8H3,(H,71,72)(H,73,74)/t58?,59?,60-,61-/m1/s1. The zero-order chi connectivity index (χ0) is 62.5. The van der Waals surface area contributed by atoms with Crippen LogP contribution in [0.3, 0.4) is 0 Å². The van der Waals surface area contributed by atoms with Gasteiger partial charge in [-0.05, 0) is 49.4 Å². The normalized spacial score (nSPS) is 14.7. The van der Waals surface area contributed by atoms with Crippen LogP contribution in [0.1, 0.15) is 312 Å². The summed E-state index contributed by atoms with van der Waals surface area (Å²) in [4.78, 5) is 72.2. The van der Waals surface area contributed by atoms with E-state index in [1.165, 1.54) is 116 Å². The summed E-state index contributed by atoms with van der Waals surface area (Å²) in [6.07, 6.45) is 35.1. The first-order valence-corrected chi connectivity index (χ1v) is 36.7. The number of hydrogen-bond donors (Lipinski definition) is 3. The molecule has 0 rings (SSSR count). The lowest BCUT2D eigenvalue weighted by atomic mass is 9.99. The SMILES string of the molecule is CCC(C)CCCCCCCCCCCCC(=O)OC[C@H](COP(=O)(O)OCC(O)COP(=O)(O)OC[C@@H](COC(=O)CCCCCCCCCCC(C)C)OC(=O)CCCCCCCCCC(C)C)OC(=O)CCCCCCCCC(C)C. The predicted octanol–water partition coefficient (Wildman–Crippen LogP) is 17.8. The molecule has 0 aliphatic heterocycles. The van der Waals surface area contributed by atoms with Gasteiger partial charge in [0.15, 0.2) is 12.2 Å². The molecule has 0 fully saturated rings. The first kappa shape index (κ1) is 82.1. The maximum Gasteiger partial charge on any atom is 0.472 e. The van der Waals surface area contributed by atoms with E-state index in [0.29, 0.717) is 37.5 Å². The Morgan fingerprint density at radius 1 is 0.333 bits per heavy atom. The van der Waals surface area contributed by atoms with Crippen molar-refractivity contribution in [1.29, 1.82) is 0 Å². The van der Waals surface area contributed by atoms with Gasteiger partial charge in [0.25, 0.3) is 0 Å². The number of unbranched alkanes of at least 4 members (excludes halogenated alkanes) is 27. The monoisotopic (exact) mass is 1240 g/mol. The highest BCUT2D eigenvalue weighted by Crippen LogP contribution is 2.45. The Morgan fingerprint density at radius 3 is 0.845 bits per heavy atom. The molecule has 84 heavy (non-hydrogen) atoms. The van der Waals surface area contributed by atoms with Crippen LogP contribution in [-0.4, -0.2) is 96.7 Å². The molecule has 0 saturated heterocycles. The van der Waals surface area contributed by atoms with E-state index in [1.807, 2.05) is 0 Å². The summed E-state index contributed by atoms with van der Waals surface area (Å²) < 4.78 is 68.0. The Bertz CT molecular complexity index is 1680. The molecule has 0 aliphatic carbocycles. The minimum Gasteiger partial charge on any atom is -0.462 e. The minimum atomic E-state index is -4.95. The number of phosphoric acid groups is 2. The van der Waals surface area contributed by atoms with Crippen molar-refractivity contribution < 1.29 is 80.2 Å². The number of rotatable bonds is 62. The van der Waals surface area contributed by atoms with Gasteiger partial charge >= 0.3 is 39.5 Å². The number of ether oxygens (including phenoxy) is 4. The van der Waals surface area contributed by atoms with E-state index in [0.717, 1.165) is 102 Å². The van der Waals surface area contributed by atoms with Gasteiger partial charge in [-0.2, -0.15) is 0 Å². The van der Waals surface area contributed by atoms with Crippen LogP contribution < -0.4 is 0 Å². The van der Waals surface area contributed by atoms with E-state index in [4.69, 9.17) is 37.0 Å². The van der Waals surface area contributed by atoms with Gasteiger partial charge < -0.3 is 33.8 Å². The summed E-state index contributed by atoms with van der Waals surface area (Å²) in [5, 5.41) is 10.5. The molecule has 0 aromatic rings. The largest absolute Gasteiger partial charge is 0.472 e. The highest BCUT2D eigenvalue weighted by Gasteiger charge is 2.30. The van der Waals surface area contributed by atoms with E-state index in [1.54, 1.807) is 0 Å². The maximum atomic E-state index is 13.0. The number of carbonyl (C=O) groups is 4. The third kappa shape index (κ3) is 57.8. The number of aliphatic hydroxyl groups is 1. The molecule has 0 aliphatic rings. The smallest absolute Gasteiger partial charge is 0.462 e. The van der Waals surface area contributed by atoms with E-state index in [9.17, 15) is 43.2 Å². The van der Waals surface area contributed by atoms with Crippen molar-refractivity contribution in [2.24, 2.45) is 23.7 Å². The highest BCUT2D eigenvalue weighted by atomic mass is 31.2. The molecule has 0 spiro atoms. The van der Waals surface area contributed by atoms with Crippen LogP contribution >= 0.6 is 15.6 Å². The molecule has 0 saturated carbocycles. The Hall–Kier alpha value is -1.94.